The number of hydrogen-bond acceptors (Lipinski definition) is 8. The second-order valence-corrected chi connectivity index (χ2v) is 7.59. The Hall–Kier alpha value is -5.65. The Balaban J connectivity index is 1.59. The Kier molecular flexibility index (Phi) is 6.56. The Morgan fingerprint density at radius 2 is 1.32 bits per heavy atom. The number of urea groups is 1. The summed E-state index contributed by atoms with van der Waals surface area (Å²) in [5, 5.41) is 31.4. The molecule has 0 saturated carbocycles. The lowest BCUT2D eigenvalue weighted by molar-refractivity contribution is -0.122. The highest BCUT2D eigenvalue weighted by atomic mass is 16.3. The molecule has 12 heteroatoms. The van der Waals surface area contributed by atoms with Gasteiger partial charge in [-0.25, -0.2) is 19.1 Å². The van der Waals surface area contributed by atoms with Gasteiger partial charge in [0.15, 0.2) is 0 Å². The number of rotatable bonds is 5. The van der Waals surface area contributed by atoms with Crippen LogP contribution in [0.2, 0.25) is 0 Å². The van der Waals surface area contributed by atoms with E-state index >= 15 is 0 Å². The van der Waals surface area contributed by atoms with E-state index in [1.807, 2.05) is 0 Å². The molecule has 4 amide bonds. The van der Waals surface area contributed by atoms with E-state index in [-0.39, 0.29) is 34.0 Å². The minimum Gasteiger partial charge on any atom is -0.508 e. The predicted molar refractivity (Wildman–Crippen MR) is 131 cm³/mol. The molecule has 0 spiro atoms. The first-order valence-corrected chi connectivity index (χ1v) is 10.6. The van der Waals surface area contributed by atoms with Crippen molar-refractivity contribution in [2.45, 2.75) is 0 Å². The lowest BCUT2D eigenvalue weighted by Crippen LogP contribution is -2.54. The van der Waals surface area contributed by atoms with Gasteiger partial charge < -0.3 is 15.3 Å². The predicted octanol–water partition coefficient (Wildman–Crippen LogP) is 1.42. The molecule has 2 heterocycles. The zero-order valence-electron chi connectivity index (χ0n) is 18.8. The fourth-order valence-electron chi connectivity index (χ4n) is 3.41. The van der Waals surface area contributed by atoms with Gasteiger partial charge in [0.2, 0.25) is 5.88 Å². The van der Waals surface area contributed by atoms with Crippen molar-refractivity contribution in [3.63, 3.8) is 0 Å². The smallest absolute Gasteiger partial charge is 0.335 e. The summed E-state index contributed by atoms with van der Waals surface area (Å²) in [6.45, 7) is 0. The molecule has 186 valence electrons. The summed E-state index contributed by atoms with van der Waals surface area (Å²) in [6.07, 6.45) is 6.33. The number of H-pyrrole nitrogens is 1. The van der Waals surface area contributed by atoms with E-state index in [9.17, 15) is 39.3 Å². The highest BCUT2D eigenvalue weighted by Gasteiger charge is 2.36. The summed E-state index contributed by atoms with van der Waals surface area (Å²) in [5.41, 5.74) is -2.01. The van der Waals surface area contributed by atoms with E-state index in [2.05, 4.69) is 10.3 Å². The molecule has 0 bridgehead atoms. The van der Waals surface area contributed by atoms with Crippen LogP contribution >= 0.6 is 0 Å². The Labute approximate surface area is 207 Å². The molecule has 1 aromatic heterocycles. The molecule has 1 aliphatic heterocycles. The van der Waals surface area contributed by atoms with Gasteiger partial charge in [-0.3, -0.25) is 24.7 Å². The Morgan fingerprint density at radius 3 is 1.95 bits per heavy atom. The van der Waals surface area contributed by atoms with Gasteiger partial charge in [-0.1, -0.05) is 18.2 Å². The number of nitrogens with one attached hydrogen (secondary N) is 2. The second kappa shape index (κ2) is 9.92. The largest absolute Gasteiger partial charge is 0.508 e. The van der Waals surface area contributed by atoms with Gasteiger partial charge in [-0.2, -0.15) is 0 Å². The van der Waals surface area contributed by atoms with Gasteiger partial charge in [0, 0.05) is 0 Å². The third kappa shape index (κ3) is 4.93. The van der Waals surface area contributed by atoms with Gasteiger partial charge in [-0.15, -0.1) is 0 Å². The molecular formula is C25H18N4O8. The SMILES string of the molecule is O=C1NC(=O)N(c2ccc(O)cc2)C(=O)/C1=C/C=C/C=C/c1c(O)n(-c2ccc(O)cc2)c(=O)[nH]c1=O. The number of phenolic OH excluding ortho intramolecular Hbond substituents is 2. The summed E-state index contributed by atoms with van der Waals surface area (Å²) in [6, 6.07) is 9.62. The molecule has 0 atom stereocenters. The van der Waals surface area contributed by atoms with Crippen molar-refractivity contribution in [3.8, 4) is 23.1 Å². The number of imide groups is 2. The lowest BCUT2D eigenvalue weighted by atomic mass is 10.1. The summed E-state index contributed by atoms with van der Waals surface area (Å²) in [7, 11) is 0. The maximum absolute atomic E-state index is 12.8. The van der Waals surface area contributed by atoms with E-state index in [4.69, 9.17) is 0 Å². The van der Waals surface area contributed by atoms with E-state index < -0.39 is 35.0 Å². The third-order valence-corrected chi connectivity index (χ3v) is 5.19. The van der Waals surface area contributed by atoms with Crippen LogP contribution in [0.1, 0.15) is 5.56 Å². The zero-order valence-corrected chi connectivity index (χ0v) is 18.8. The first-order chi connectivity index (χ1) is 17.7. The van der Waals surface area contributed by atoms with Crippen LogP contribution in [0.5, 0.6) is 17.4 Å². The molecule has 0 unspecified atom stereocenters. The normalized spacial score (nSPS) is 15.2. The van der Waals surface area contributed by atoms with Crippen molar-refractivity contribution in [2.24, 2.45) is 0 Å². The van der Waals surface area contributed by atoms with Crippen LogP contribution < -0.4 is 21.5 Å². The average molecular weight is 502 g/mol. The van der Waals surface area contributed by atoms with Crippen LogP contribution in [-0.2, 0) is 9.59 Å². The number of hydrogen-bond donors (Lipinski definition) is 5. The minimum absolute atomic E-state index is 0.0548. The highest BCUT2D eigenvalue weighted by molar-refractivity contribution is 6.37. The van der Waals surface area contributed by atoms with Crippen molar-refractivity contribution >= 4 is 29.6 Å². The molecule has 37 heavy (non-hydrogen) atoms. The molecule has 1 saturated heterocycles. The van der Waals surface area contributed by atoms with Gasteiger partial charge in [0.25, 0.3) is 17.4 Å². The maximum Gasteiger partial charge on any atom is 0.335 e. The number of anilines is 1. The van der Waals surface area contributed by atoms with Gasteiger partial charge in [-0.05, 0) is 60.7 Å². The average Bonchev–Trinajstić information content (AvgIpc) is 2.84. The molecule has 3 aromatic rings. The number of aromatic nitrogens is 2. The number of carbonyl (C=O) groups is 3. The molecule has 0 aliphatic carbocycles. The van der Waals surface area contributed by atoms with Crippen LogP contribution in [0.25, 0.3) is 11.8 Å². The van der Waals surface area contributed by atoms with Crippen LogP contribution in [0, 0.1) is 0 Å². The third-order valence-electron chi connectivity index (χ3n) is 5.19. The number of barbiturate groups is 1. The molecule has 5 N–H and O–H groups in total. The Bertz CT molecular complexity index is 1610. The van der Waals surface area contributed by atoms with E-state index in [0.717, 1.165) is 15.5 Å². The van der Waals surface area contributed by atoms with Crippen LogP contribution in [-0.4, -0.2) is 42.7 Å². The maximum atomic E-state index is 12.8. The molecule has 1 aliphatic rings. The number of phenols is 2. The number of aromatic amines is 1. The van der Waals surface area contributed by atoms with Gasteiger partial charge in [0.1, 0.15) is 22.6 Å². The first kappa shape index (κ1) is 24.5. The fraction of sp³-hybridized carbons (Fsp3) is 0. The van der Waals surface area contributed by atoms with E-state index in [1.165, 1.54) is 72.8 Å². The molecule has 1 fully saturated rings. The monoisotopic (exact) mass is 502 g/mol. The molecular weight excluding hydrogens is 484 g/mol. The van der Waals surface area contributed by atoms with Crippen molar-refractivity contribution in [3.05, 3.63) is 105 Å². The standard InChI is InChI=1S/C25H18N4O8/c30-16-10-6-14(7-11-16)28-22(34)18(20(32)26-24(28)36)4-2-1-3-5-19-21(33)27-25(37)29(23(19)35)15-8-12-17(31)13-9-15/h1-13,30-31,34H,(H,26,32,36)(H,27,33,37)/b3-1+,4-2+,19-5+. The van der Waals surface area contributed by atoms with Crippen molar-refractivity contribution in [2.75, 3.05) is 4.90 Å². The fourth-order valence-corrected chi connectivity index (χ4v) is 3.41. The topological polar surface area (TPSA) is 182 Å². The van der Waals surface area contributed by atoms with Crippen LogP contribution in [0.3, 0.4) is 0 Å². The zero-order chi connectivity index (χ0) is 26.7. The first-order valence-electron chi connectivity index (χ1n) is 10.6. The number of allylic oxidation sites excluding steroid dienone is 4. The molecule has 0 radical (unpaired) electrons. The number of aromatic hydroxyl groups is 3. The van der Waals surface area contributed by atoms with Crippen molar-refractivity contribution in [1.82, 2.24) is 14.9 Å². The van der Waals surface area contributed by atoms with E-state index in [1.54, 1.807) is 0 Å². The van der Waals surface area contributed by atoms with Gasteiger partial charge in [0.05, 0.1) is 11.4 Å². The summed E-state index contributed by atoms with van der Waals surface area (Å²) < 4.78 is 0.839. The van der Waals surface area contributed by atoms with Gasteiger partial charge >= 0.3 is 11.7 Å². The highest BCUT2D eigenvalue weighted by Crippen LogP contribution is 2.23. The number of nitrogens with zero attached hydrogens (tertiary/aromatic N) is 2. The molecule has 2 aromatic carbocycles. The summed E-state index contributed by atoms with van der Waals surface area (Å²) >= 11 is 0. The minimum atomic E-state index is -0.944. The summed E-state index contributed by atoms with van der Waals surface area (Å²) in [4.78, 5) is 64.4. The number of benzene rings is 2. The molecule has 4 rings (SSSR count). The van der Waals surface area contributed by atoms with Crippen LogP contribution in [0.4, 0.5) is 10.5 Å². The second-order valence-electron chi connectivity index (χ2n) is 7.59. The number of carbonyl (C=O) groups excluding carboxylic acids is 3. The van der Waals surface area contributed by atoms with Crippen molar-refractivity contribution in [1.29, 1.82) is 0 Å². The molecule has 12 nitrogen and oxygen atoms in total. The van der Waals surface area contributed by atoms with Crippen molar-refractivity contribution < 1.29 is 29.7 Å². The number of amides is 4. The lowest BCUT2D eigenvalue weighted by Gasteiger charge is -2.26. The quantitative estimate of drug-likeness (QED) is 0.197. The van der Waals surface area contributed by atoms with Crippen LogP contribution in [0.15, 0.2) is 88.0 Å². The Morgan fingerprint density at radius 1 is 0.730 bits per heavy atom. The van der Waals surface area contributed by atoms with E-state index in [0.29, 0.717) is 0 Å². The summed E-state index contributed by atoms with van der Waals surface area (Å²) in [5.74, 6) is -2.57.